The molecule has 3 nitrogen and oxygen atoms in total. The smallest absolute Gasteiger partial charge is 0.153 e. The van der Waals surface area contributed by atoms with E-state index >= 15 is 0 Å². The summed E-state index contributed by atoms with van der Waals surface area (Å²) in [5.41, 5.74) is 0.569. The lowest BCUT2D eigenvalue weighted by molar-refractivity contribution is 0.111. The average molecular weight is 276 g/mol. The molecule has 0 spiro atoms. The number of hydrogen-bond donors (Lipinski definition) is 0. The van der Waals surface area contributed by atoms with Crippen molar-refractivity contribution in [3.8, 4) is 11.5 Å². The quantitative estimate of drug-likeness (QED) is 0.341. The van der Waals surface area contributed by atoms with Crippen LogP contribution < -0.4 is 9.47 Å². The molecule has 0 aliphatic rings. The standard InChI is InChI=1S/C17H24O3/c1-3-5-6-7-8-12-20-17-13-16(19-11-4-2)10-9-15(17)14-18/h3,9-10,13-14H,1,4-8,11-12H2,2H3. The summed E-state index contributed by atoms with van der Waals surface area (Å²) in [6.45, 7) is 7.04. The van der Waals surface area contributed by atoms with E-state index in [9.17, 15) is 4.79 Å². The molecule has 0 aliphatic heterocycles. The predicted octanol–water partition coefficient (Wildman–Crippen LogP) is 4.41. The number of unbranched alkanes of at least 4 members (excludes halogenated alkanes) is 3. The van der Waals surface area contributed by atoms with E-state index in [4.69, 9.17) is 9.47 Å². The maximum atomic E-state index is 11.0. The van der Waals surface area contributed by atoms with Crippen molar-refractivity contribution in [1.29, 1.82) is 0 Å². The van der Waals surface area contributed by atoms with Gasteiger partial charge in [-0.05, 0) is 44.2 Å². The molecule has 0 saturated heterocycles. The molecule has 0 unspecified atom stereocenters. The molecule has 0 atom stereocenters. The minimum absolute atomic E-state index is 0.569. The Labute approximate surface area is 121 Å². The number of carbonyl (C=O) groups excluding carboxylic acids is 1. The Balaban J connectivity index is 2.48. The fourth-order valence-electron chi connectivity index (χ4n) is 1.80. The van der Waals surface area contributed by atoms with Crippen LogP contribution in [-0.4, -0.2) is 19.5 Å². The zero-order valence-corrected chi connectivity index (χ0v) is 12.3. The Morgan fingerprint density at radius 2 is 2.00 bits per heavy atom. The van der Waals surface area contributed by atoms with Gasteiger partial charge in [0.1, 0.15) is 11.5 Å². The second kappa shape index (κ2) is 10.1. The minimum atomic E-state index is 0.569. The fraction of sp³-hybridized carbons (Fsp3) is 0.471. The molecule has 0 aliphatic carbocycles. The first-order valence-electron chi connectivity index (χ1n) is 7.27. The van der Waals surface area contributed by atoms with Gasteiger partial charge in [0.05, 0.1) is 18.8 Å². The van der Waals surface area contributed by atoms with Gasteiger partial charge in [0.15, 0.2) is 6.29 Å². The van der Waals surface area contributed by atoms with Crippen molar-refractivity contribution in [2.45, 2.75) is 39.0 Å². The van der Waals surface area contributed by atoms with E-state index in [2.05, 4.69) is 13.5 Å². The van der Waals surface area contributed by atoms with E-state index in [-0.39, 0.29) is 0 Å². The van der Waals surface area contributed by atoms with Crippen molar-refractivity contribution in [1.82, 2.24) is 0 Å². The van der Waals surface area contributed by atoms with Crippen LogP contribution in [0.3, 0.4) is 0 Å². The van der Waals surface area contributed by atoms with E-state index in [0.29, 0.717) is 24.5 Å². The van der Waals surface area contributed by atoms with Crippen molar-refractivity contribution in [2.24, 2.45) is 0 Å². The van der Waals surface area contributed by atoms with Gasteiger partial charge in [-0.1, -0.05) is 13.0 Å². The van der Waals surface area contributed by atoms with Gasteiger partial charge in [-0.3, -0.25) is 4.79 Å². The highest BCUT2D eigenvalue weighted by Gasteiger charge is 2.05. The molecule has 0 amide bonds. The van der Waals surface area contributed by atoms with Gasteiger partial charge in [0.25, 0.3) is 0 Å². The Morgan fingerprint density at radius 1 is 1.15 bits per heavy atom. The molecule has 1 aromatic carbocycles. The molecule has 0 aromatic heterocycles. The second-order valence-corrected chi connectivity index (χ2v) is 4.65. The van der Waals surface area contributed by atoms with E-state index in [0.717, 1.165) is 44.1 Å². The first kappa shape index (κ1) is 16.3. The molecule has 20 heavy (non-hydrogen) atoms. The maximum Gasteiger partial charge on any atom is 0.153 e. The topological polar surface area (TPSA) is 35.5 Å². The van der Waals surface area contributed by atoms with Crippen LogP contribution in [-0.2, 0) is 0 Å². The van der Waals surface area contributed by atoms with E-state index in [1.54, 1.807) is 18.2 Å². The van der Waals surface area contributed by atoms with E-state index < -0.39 is 0 Å². The van der Waals surface area contributed by atoms with Crippen LogP contribution in [0.2, 0.25) is 0 Å². The summed E-state index contributed by atoms with van der Waals surface area (Å²) < 4.78 is 11.2. The number of allylic oxidation sites excluding steroid dienone is 1. The van der Waals surface area contributed by atoms with Crippen LogP contribution >= 0.6 is 0 Å². The third kappa shape index (κ3) is 5.91. The number of ether oxygens (including phenoxy) is 2. The highest BCUT2D eigenvalue weighted by atomic mass is 16.5. The van der Waals surface area contributed by atoms with Gasteiger partial charge in [-0.25, -0.2) is 0 Å². The van der Waals surface area contributed by atoms with Crippen LogP contribution in [0.4, 0.5) is 0 Å². The number of benzene rings is 1. The Morgan fingerprint density at radius 3 is 2.70 bits per heavy atom. The largest absolute Gasteiger partial charge is 0.493 e. The van der Waals surface area contributed by atoms with E-state index in [1.807, 2.05) is 6.08 Å². The van der Waals surface area contributed by atoms with Crippen LogP contribution in [0, 0.1) is 0 Å². The fourth-order valence-corrected chi connectivity index (χ4v) is 1.80. The molecule has 1 rings (SSSR count). The first-order valence-corrected chi connectivity index (χ1v) is 7.27. The predicted molar refractivity (Wildman–Crippen MR) is 81.8 cm³/mol. The summed E-state index contributed by atoms with van der Waals surface area (Å²) in [5.74, 6) is 1.36. The molecule has 0 bridgehead atoms. The van der Waals surface area contributed by atoms with Gasteiger partial charge in [0.2, 0.25) is 0 Å². The van der Waals surface area contributed by atoms with Crippen LogP contribution in [0.1, 0.15) is 49.4 Å². The van der Waals surface area contributed by atoms with Crippen molar-refractivity contribution in [2.75, 3.05) is 13.2 Å². The Kier molecular flexibility index (Phi) is 8.20. The number of aldehydes is 1. The Bertz CT molecular complexity index is 413. The Hall–Kier alpha value is -1.77. The zero-order valence-electron chi connectivity index (χ0n) is 12.3. The number of carbonyl (C=O) groups is 1. The summed E-state index contributed by atoms with van der Waals surface area (Å²) in [6.07, 6.45) is 7.96. The molecule has 0 saturated carbocycles. The lowest BCUT2D eigenvalue weighted by Crippen LogP contribution is -2.01. The summed E-state index contributed by atoms with van der Waals surface area (Å²) in [4.78, 5) is 11.0. The van der Waals surface area contributed by atoms with Crippen LogP contribution in [0.15, 0.2) is 30.9 Å². The van der Waals surface area contributed by atoms with Gasteiger partial charge in [0, 0.05) is 6.07 Å². The summed E-state index contributed by atoms with van der Waals surface area (Å²) in [6, 6.07) is 5.34. The minimum Gasteiger partial charge on any atom is -0.493 e. The first-order chi connectivity index (χ1) is 9.81. The lowest BCUT2D eigenvalue weighted by atomic mass is 10.2. The third-order valence-electron chi connectivity index (χ3n) is 2.89. The summed E-state index contributed by atoms with van der Waals surface area (Å²) >= 11 is 0. The number of hydrogen-bond acceptors (Lipinski definition) is 3. The molecule has 110 valence electrons. The highest BCUT2D eigenvalue weighted by Crippen LogP contribution is 2.24. The van der Waals surface area contributed by atoms with Crippen molar-refractivity contribution in [3.63, 3.8) is 0 Å². The van der Waals surface area contributed by atoms with Gasteiger partial charge >= 0.3 is 0 Å². The summed E-state index contributed by atoms with van der Waals surface area (Å²) in [5, 5.41) is 0. The van der Waals surface area contributed by atoms with Gasteiger partial charge in [-0.15, -0.1) is 6.58 Å². The summed E-state index contributed by atoms with van der Waals surface area (Å²) in [7, 11) is 0. The molecular weight excluding hydrogens is 252 g/mol. The van der Waals surface area contributed by atoms with Crippen molar-refractivity contribution < 1.29 is 14.3 Å². The van der Waals surface area contributed by atoms with Crippen molar-refractivity contribution >= 4 is 6.29 Å². The second-order valence-electron chi connectivity index (χ2n) is 4.65. The van der Waals surface area contributed by atoms with E-state index in [1.165, 1.54) is 0 Å². The number of rotatable bonds is 11. The molecule has 0 N–H and O–H groups in total. The third-order valence-corrected chi connectivity index (χ3v) is 2.89. The zero-order chi connectivity index (χ0) is 14.6. The van der Waals surface area contributed by atoms with Crippen molar-refractivity contribution in [3.05, 3.63) is 36.4 Å². The van der Waals surface area contributed by atoms with Crippen LogP contribution in [0.25, 0.3) is 0 Å². The SMILES string of the molecule is C=CCCCCCOc1cc(OCCC)ccc1C=O. The molecule has 0 radical (unpaired) electrons. The molecule has 3 heteroatoms. The average Bonchev–Trinajstić information content (AvgIpc) is 2.48. The lowest BCUT2D eigenvalue weighted by Gasteiger charge is -2.11. The van der Waals surface area contributed by atoms with Crippen LogP contribution in [0.5, 0.6) is 11.5 Å². The monoisotopic (exact) mass is 276 g/mol. The van der Waals surface area contributed by atoms with Gasteiger partial charge < -0.3 is 9.47 Å². The molecule has 0 heterocycles. The maximum absolute atomic E-state index is 11.0. The molecular formula is C17H24O3. The highest BCUT2D eigenvalue weighted by molar-refractivity contribution is 5.79. The molecule has 1 aromatic rings. The van der Waals surface area contributed by atoms with Gasteiger partial charge in [-0.2, -0.15) is 0 Å². The normalized spacial score (nSPS) is 10.1. The molecule has 0 fully saturated rings.